The average molecular weight is 726 g/mol. The van der Waals surface area contributed by atoms with Crippen LogP contribution in [0.1, 0.15) is 30.7 Å². The van der Waals surface area contributed by atoms with Gasteiger partial charge in [0, 0.05) is 19.7 Å². The molecule has 0 spiro atoms. The van der Waals surface area contributed by atoms with Crippen LogP contribution in [0.3, 0.4) is 0 Å². The zero-order valence-corrected chi connectivity index (χ0v) is 27.3. The molecule has 6 rings (SSSR count). The zero-order chi connectivity index (χ0) is 33.0. The van der Waals surface area contributed by atoms with Gasteiger partial charge < -0.3 is 40.4 Å². The molecular weight excluding hydrogens is 695 g/mol. The Balaban J connectivity index is 1.19. The number of aromatic nitrogens is 5. The van der Waals surface area contributed by atoms with E-state index in [9.17, 15) is 18.8 Å². The number of nitrogens with zero attached hydrogens (tertiary/aromatic N) is 6. The van der Waals surface area contributed by atoms with Crippen LogP contribution in [0.4, 0.5) is 16.0 Å². The molecule has 24 heteroatoms. The molecule has 2 fully saturated rings. The monoisotopic (exact) mass is 725 g/mol. The molecule has 0 radical (unpaired) electrons. The number of thiol groups is 2. The maximum atomic E-state index is 15.1. The molecule has 2 saturated heterocycles. The molecule has 10 atom stereocenters. The quantitative estimate of drug-likeness (QED) is 0.121. The van der Waals surface area contributed by atoms with Crippen LogP contribution < -0.4 is 22.5 Å². The lowest BCUT2D eigenvalue weighted by molar-refractivity contribution is -0.106. The highest BCUT2D eigenvalue weighted by molar-refractivity contribution is 8.44. The number of halogens is 1. The van der Waals surface area contributed by atoms with Crippen molar-refractivity contribution in [2.24, 2.45) is 16.6 Å². The standard InChI is InChI=1S/C22H30FN9O10P2S2/c1-37-17-10(20(40-12(17)7-38-43(34,35)45)30-3-2-14-29-13(24)5-31(14)22(30)33)6-39-44(36,46)42-15-4-11(23)21(41-15)32-9-28-16-18(25)26-8-27-19(16)32/h2-3,5,8-12,15,17-18,20-21H,4,6-7,24-25H2,1H3,(H,26,27)(H,36,46)(H2,34,35,45)/t10?,11-,12-,15-,17+,18?,20-,21-,44?/m1/s1. The van der Waals surface area contributed by atoms with Gasteiger partial charge in [0.15, 0.2) is 24.5 Å². The van der Waals surface area contributed by atoms with Gasteiger partial charge in [-0.3, -0.25) is 18.2 Å². The summed E-state index contributed by atoms with van der Waals surface area (Å²) in [6.45, 7) is -9.36. The van der Waals surface area contributed by atoms with E-state index in [-0.39, 0.29) is 17.9 Å². The molecule has 0 aromatic carbocycles. The van der Waals surface area contributed by atoms with E-state index in [1.807, 2.05) is 0 Å². The largest absolute Gasteiger partial charge is 0.388 e. The minimum Gasteiger partial charge on any atom is -0.382 e. The molecular formula is C22H30FN9O10P2S2. The SMILES string of the molecule is CO[C@H]1C(COP(=O)(S)O[C@@H]2C[C@@H](F)[C@H](n3cnc4c3N=CNC4N)O2)[C@H](n2ccc3nc(N)cn3c2=O)O[C@@H]1COP(=O)(O)S. The van der Waals surface area contributed by atoms with Crippen molar-refractivity contribution in [1.29, 1.82) is 0 Å². The summed E-state index contributed by atoms with van der Waals surface area (Å²) in [6, 6.07) is 1.51. The number of nitrogens with one attached hydrogen (secondary N) is 1. The summed E-state index contributed by atoms with van der Waals surface area (Å²) in [6.07, 6.45) is -2.75. The lowest BCUT2D eigenvalue weighted by Crippen LogP contribution is -2.36. The highest BCUT2D eigenvalue weighted by Gasteiger charge is 2.49. The predicted octanol–water partition coefficient (Wildman–Crippen LogP) is 1.42. The fraction of sp³-hybridized carbons (Fsp3) is 0.545. The van der Waals surface area contributed by atoms with Gasteiger partial charge >= 0.3 is 19.3 Å². The number of nitrogens with two attached hydrogens (primary N) is 2. The maximum Gasteiger partial charge on any atom is 0.388 e. The number of fused-ring (bicyclic) bond motifs is 2. The Labute approximate surface area is 269 Å². The number of imidazole rings is 2. The van der Waals surface area contributed by atoms with Gasteiger partial charge in [-0.1, -0.05) is 24.5 Å². The number of nitrogen functional groups attached to an aromatic ring is 1. The van der Waals surface area contributed by atoms with E-state index < -0.39 is 81.7 Å². The molecule has 252 valence electrons. The summed E-state index contributed by atoms with van der Waals surface area (Å²) < 4.78 is 77.4. The van der Waals surface area contributed by atoms with Crippen LogP contribution in [-0.4, -0.2) is 79.7 Å². The fourth-order valence-corrected chi connectivity index (χ4v) is 7.43. The van der Waals surface area contributed by atoms with Crippen LogP contribution in [0.5, 0.6) is 0 Å². The van der Waals surface area contributed by atoms with Gasteiger partial charge in [-0.05, 0) is 6.07 Å². The first-order valence-corrected chi connectivity index (χ1v) is 19.0. The Morgan fingerprint density at radius 2 is 2.00 bits per heavy atom. The molecule has 19 nitrogen and oxygen atoms in total. The topological polar surface area (TPSA) is 243 Å². The Morgan fingerprint density at radius 1 is 1.22 bits per heavy atom. The minimum atomic E-state index is -4.26. The van der Waals surface area contributed by atoms with Crippen molar-refractivity contribution in [2.45, 2.75) is 49.7 Å². The van der Waals surface area contributed by atoms with Crippen molar-refractivity contribution in [3.05, 3.63) is 41.0 Å². The Bertz CT molecular complexity index is 1790. The van der Waals surface area contributed by atoms with Gasteiger partial charge in [-0.2, -0.15) is 0 Å². The highest BCUT2D eigenvalue weighted by Crippen LogP contribution is 2.57. The van der Waals surface area contributed by atoms with Crippen LogP contribution in [0.2, 0.25) is 0 Å². The second kappa shape index (κ2) is 12.9. The van der Waals surface area contributed by atoms with Crippen molar-refractivity contribution in [3.63, 3.8) is 0 Å². The number of hydrogen-bond donors (Lipinski definition) is 6. The normalized spacial score (nSPS) is 31.9. The predicted molar refractivity (Wildman–Crippen MR) is 164 cm³/mol. The van der Waals surface area contributed by atoms with E-state index in [0.29, 0.717) is 11.5 Å². The van der Waals surface area contributed by atoms with E-state index in [2.05, 4.69) is 44.8 Å². The molecule has 3 aliphatic heterocycles. The van der Waals surface area contributed by atoms with Crippen molar-refractivity contribution in [3.8, 4) is 0 Å². The van der Waals surface area contributed by atoms with E-state index in [4.69, 9.17) is 39.2 Å². The van der Waals surface area contributed by atoms with Crippen LogP contribution in [0.15, 0.2) is 34.6 Å². The van der Waals surface area contributed by atoms with Gasteiger partial charge in [-0.15, -0.1) is 0 Å². The van der Waals surface area contributed by atoms with Crippen molar-refractivity contribution < 1.29 is 46.2 Å². The molecule has 46 heavy (non-hydrogen) atoms. The van der Waals surface area contributed by atoms with E-state index >= 15 is 4.39 Å². The summed E-state index contributed by atoms with van der Waals surface area (Å²) in [5.41, 5.74) is 11.8. The molecule has 4 unspecified atom stereocenters. The lowest BCUT2D eigenvalue weighted by atomic mass is 10.0. The van der Waals surface area contributed by atoms with Gasteiger partial charge in [-0.25, -0.2) is 37.7 Å². The van der Waals surface area contributed by atoms with E-state index in [1.54, 1.807) is 0 Å². The van der Waals surface area contributed by atoms with Crippen LogP contribution in [0, 0.1) is 5.92 Å². The number of hydrogen-bond acceptors (Lipinski definition) is 15. The maximum absolute atomic E-state index is 15.1. The molecule has 3 aromatic rings. The van der Waals surface area contributed by atoms with Crippen LogP contribution >= 0.6 is 38.1 Å². The molecule has 0 bridgehead atoms. The van der Waals surface area contributed by atoms with Gasteiger partial charge in [0.2, 0.25) is 0 Å². The van der Waals surface area contributed by atoms with Crippen molar-refractivity contribution >= 4 is 61.7 Å². The third kappa shape index (κ3) is 6.80. The molecule has 3 aliphatic rings. The minimum absolute atomic E-state index is 0.108. The number of aliphatic imine (C=N–C) groups is 1. The van der Waals surface area contributed by atoms with E-state index in [0.717, 1.165) is 0 Å². The lowest BCUT2D eigenvalue weighted by Gasteiger charge is -2.25. The molecule has 3 aromatic heterocycles. The first kappa shape index (κ1) is 33.6. The van der Waals surface area contributed by atoms with Crippen molar-refractivity contribution in [1.82, 2.24) is 28.8 Å². The first-order valence-electron chi connectivity index (χ1n) is 13.5. The number of methoxy groups -OCH3 is 1. The summed E-state index contributed by atoms with van der Waals surface area (Å²) in [4.78, 5) is 35.3. The Kier molecular flexibility index (Phi) is 9.44. The number of rotatable bonds is 11. The number of ether oxygens (including phenoxy) is 3. The number of alkyl halides is 1. The second-order valence-corrected chi connectivity index (χ2v) is 16.1. The van der Waals surface area contributed by atoms with Gasteiger partial charge in [0.1, 0.15) is 35.7 Å². The van der Waals surface area contributed by atoms with Crippen LogP contribution in [-0.2, 0) is 36.9 Å². The highest BCUT2D eigenvalue weighted by atomic mass is 32.7. The summed E-state index contributed by atoms with van der Waals surface area (Å²) in [5.74, 6) is -0.489. The molecule has 0 saturated carbocycles. The molecule has 6 heterocycles. The molecule has 0 aliphatic carbocycles. The van der Waals surface area contributed by atoms with E-state index in [1.165, 1.54) is 51.8 Å². The Morgan fingerprint density at radius 3 is 2.74 bits per heavy atom. The molecule has 0 amide bonds. The molecule has 6 N–H and O–H groups in total. The first-order chi connectivity index (χ1) is 21.7. The third-order valence-electron chi connectivity index (χ3n) is 7.49. The van der Waals surface area contributed by atoms with Gasteiger partial charge in [0.05, 0.1) is 44.1 Å². The van der Waals surface area contributed by atoms with Crippen LogP contribution in [0.25, 0.3) is 5.65 Å². The zero-order valence-electron chi connectivity index (χ0n) is 23.8. The Hall–Kier alpha value is -2.33. The number of anilines is 1. The van der Waals surface area contributed by atoms with Crippen molar-refractivity contribution in [2.75, 3.05) is 26.1 Å². The third-order valence-corrected chi connectivity index (χ3v) is 9.93. The summed E-state index contributed by atoms with van der Waals surface area (Å²) in [7, 11) is 1.34. The average Bonchev–Trinajstić information content (AvgIpc) is 3.74. The summed E-state index contributed by atoms with van der Waals surface area (Å²) in [5, 5.41) is 2.79. The van der Waals surface area contributed by atoms with Gasteiger partial charge in [0.25, 0.3) is 0 Å². The fourth-order valence-electron chi connectivity index (χ4n) is 5.52. The smallest absolute Gasteiger partial charge is 0.382 e. The summed E-state index contributed by atoms with van der Waals surface area (Å²) >= 11 is 7.59. The second-order valence-electron chi connectivity index (χ2n) is 10.5.